The summed E-state index contributed by atoms with van der Waals surface area (Å²) in [5.41, 5.74) is 6.63. The Morgan fingerprint density at radius 1 is 1.40 bits per heavy atom. The van der Waals surface area contributed by atoms with Gasteiger partial charge < -0.3 is 16.0 Å². The van der Waals surface area contributed by atoms with Gasteiger partial charge in [0.15, 0.2) is 0 Å². The molecule has 1 aromatic heterocycles. The van der Waals surface area contributed by atoms with Crippen LogP contribution in [0.5, 0.6) is 0 Å². The van der Waals surface area contributed by atoms with Gasteiger partial charge in [-0.25, -0.2) is 4.98 Å². The molecular weight excluding hydrogens is 252 g/mol. The van der Waals surface area contributed by atoms with Gasteiger partial charge in [-0.15, -0.1) is 0 Å². The first-order valence-corrected chi connectivity index (χ1v) is 7.29. The molecular formula is C15H26N4O. The lowest BCUT2D eigenvalue weighted by molar-refractivity contribution is -0.121. The van der Waals surface area contributed by atoms with E-state index >= 15 is 0 Å². The van der Waals surface area contributed by atoms with Crippen molar-refractivity contribution in [1.29, 1.82) is 0 Å². The fourth-order valence-corrected chi connectivity index (χ4v) is 1.90. The van der Waals surface area contributed by atoms with E-state index in [1.165, 1.54) is 0 Å². The zero-order chi connectivity index (χ0) is 15.0. The van der Waals surface area contributed by atoms with Crippen LogP contribution in [-0.2, 0) is 11.3 Å². The quantitative estimate of drug-likeness (QED) is 0.759. The molecule has 1 rings (SSSR count). The number of hydrogen-bond donors (Lipinski definition) is 2. The van der Waals surface area contributed by atoms with Crippen molar-refractivity contribution in [3.05, 3.63) is 23.9 Å². The summed E-state index contributed by atoms with van der Waals surface area (Å²) in [4.78, 5) is 18.2. The molecule has 1 atom stereocenters. The summed E-state index contributed by atoms with van der Waals surface area (Å²) in [6.45, 7) is 8.52. The zero-order valence-electron chi connectivity index (χ0n) is 12.7. The number of anilines is 1. The molecule has 0 bridgehead atoms. The minimum absolute atomic E-state index is 0.0371. The molecule has 0 radical (unpaired) electrons. The Hall–Kier alpha value is -1.62. The molecule has 0 saturated heterocycles. The number of amides is 1. The van der Waals surface area contributed by atoms with Gasteiger partial charge in [-0.2, -0.15) is 0 Å². The van der Waals surface area contributed by atoms with Crippen LogP contribution in [-0.4, -0.2) is 30.0 Å². The number of rotatable bonds is 8. The third-order valence-corrected chi connectivity index (χ3v) is 3.21. The molecule has 1 amide bonds. The maximum atomic E-state index is 11.6. The number of nitrogens with two attached hydrogens (primary N) is 1. The van der Waals surface area contributed by atoms with Gasteiger partial charge in [-0.3, -0.25) is 4.79 Å². The summed E-state index contributed by atoms with van der Waals surface area (Å²) in [5.74, 6) is 1.01. The van der Waals surface area contributed by atoms with Gasteiger partial charge in [0.2, 0.25) is 5.91 Å². The highest BCUT2D eigenvalue weighted by atomic mass is 16.1. The van der Waals surface area contributed by atoms with E-state index in [9.17, 15) is 4.79 Å². The SMILES string of the molecule is CCN(CC)c1ccc(CNC(=O)CCC(C)N)cn1. The van der Waals surface area contributed by atoms with E-state index in [-0.39, 0.29) is 11.9 Å². The topological polar surface area (TPSA) is 71.2 Å². The van der Waals surface area contributed by atoms with E-state index in [1.807, 2.05) is 25.3 Å². The number of nitrogens with zero attached hydrogens (tertiary/aromatic N) is 2. The summed E-state index contributed by atoms with van der Waals surface area (Å²) in [7, 11) is 0. The molecule has 0 aliphatic carbocycles. The van der Waals surface area contributed by atoms with Crippen LogP contribution < -0.4 is 16.0 Å². The van der Waals surface area contributed by atoms with Crippen molar-refractivity contribution >= 4 is 11.7 Å². The average molecular weight is 278 g/mol. The maximum absolute atomic E-state index is 11.6. The number of carbonyl (C=O) groups is 1. The van der Waals surface area contributed by atoms with E-state index < -0.39 is 0 Å². The highest BCUT2D eigenvalue weighted by molar-refractivity contribution is 5.75. The van der Waals surface area contributed by atoms with Crippen molar-refractivity contribution in [1.82, 2.24) is 10.3 Å². The highest BCUT2D eigenvalue weighted by Gasteiger charge is 2.05. The Bertz CT molecular complexity index is 399. The molecule has 1 aromatic rings. The molecule has 3 N–H and O–H groups in total. The molecule has 112 valence electrons. The summed E-state index contributed by atoms with van der Waals surface area (Å²) >= 11 is 0. The molecule has 0 aliphatic rings. The third kappa shape index (κ3) is 5.57. The number of pyridine rings is 1. The van der Waals surface area contributed by atoms with E-state index in [2.05, 4.69) is 29.0 Å². The monoisotopic (exact) mass is 278 g/mol. The number of nitrogens with one attached hydrogen (secondary N) is 1. The summed E-state index contributed by atoms with van der Waals surface area (Å²) in [6, 6.07) is 4.07. The molecule has 5 nitrogen and oxygen atoms in total. The van der Waals surface area contributed by atoms with E-state index in [1.54, 1.807) is 0 Å². The van der Waals surface area contributed by atoms with Crippen LogP contribution in [0.1, 0.15) is 39.2 Å². The van der Waals surface area contributed by atoms with Gasteiger partial charge in [-0.1, -0.05) is 6.07 Å². The summed E-state index contributed by atoms with van der Waals surface area (Å²) in [6.07, 6.45) is 3.01. The molecule has 1 heterocycles. The van der Waals surface area contributed by atoms with Crippen LogP contribution in [0, 0.1) is 0 Å². The fourth-order valence-electron chi connectivity index (χ4n) is 1.90. The van der Waals surface area contributed by atoms with Crippen LogP contribution in [0.2, 0.25) is 0 Å². The molecule has 20 heavy (non-hydrogen) atoms. The minimum Gasteiger partial charge on any atom is -0.357 e. The largest absolute Gasteiger partial charge is 0.357 e. The van der Waals surface area contributed by atoms with Gasteiger partial charge >= 0.3 is 0 Å². The Labute approximate surface area is 121 Å². The van der Waals surface area contributed by atoms with Crippen LogP contribution >= 0.6 is 0 Å². The second-order valence-electron chi connectivity index (χ2n) is 4.99. The van der Waals surface area contributed by atoms with Gasteiger partial charge in [0.25, 0.3) is 0 Å². The van der Waals surface area contributed by atoms with Gasteiger partial charge in [0.1, 0.15) is 5.82 Å². The molecule has 5 heteroatoms. The predicted molar refractivity (Wildman–Crippen MR) is 82.5 cm³/mol. The first kappa shape index (κ1) is 16.4. The van der Waals surface area contributed by atoms with Crippen molar-refractivity contribution in [2.24, 2.45) is 5.73 Å². The smallest absolute Gasteiger partial charge is 0.220 e. The maximum Gasteiger partial charge on any atom is 0.220 e. The third-order valence-electron chi connectivity index (χ3n) is 3.21. The average Bonchev–Trinajstić information content (AvgIpc) is 2.45. The normalized spacial score (nSPS) is 12.0. The number of carbonyl (C=O) groups excluding carboxylic acids is 1. The Balaban J connectivity index is 2.43. The zero-order valence-corrected chi connectivity index (χ0v) is 12.7. The molecule has 0 spiro atoms. The van der Waals surface area contributed by atoms with Crippen molar-refractivity contribution in [3.63, 3.8) is 0 Å². The van der Waals surface area contributed by atoms with Crippen LogP contribution in [0.4, 0.5) is 5.82 Å². The van der Waals surface area contributed by atoms with Crippen LogP contribution in [0.3, 0.4) is 0 Å². The van der Waals surface area contributed by atoms with Gasteiger partial charge in [0.05, 0.1) is 0 Å². The summed E-state index contributed by atoms with van der Waals surface area (Å²) < 4.78 is 0. The molecule has 0 aliphatic heterocycles. The second kappa shape index (κ2) is 8.53. The van der Waals surface area contributed by atoms with Crippen LogP contribution in [0.15, 0.2) is 18.3 Å². The molecule has 1 unspecified atom stereocenters. The van der Waals surface area contributed by atoms with E-state index in [0.29, 0.717) is 19.4 Å². The Morgan fingerprint density at radius 2 is 2.10 bits per heavy atom. The second-order valence-corrected chi connectivity index (χ2v) is 4.99. The number of hydrogen-bond acceptors (Lipinski definition) is 4. The minimum atomic E-state index is 0.0371. The summed E-state index contributed by atoms with van der Waals surface area (Å²) in [5, 5.41) is 2.88. The lowest BCUT2D eigenvalue weighted by Gasteiger charge is -2.19. The van der Waals surface area contributed by atoms with Gasteiger partial charge in [0, 0.05) is 38.3 Å². The van der Waals surface area contributed by atoms with Gasteiger partial charge in [-0.05, 0) is 38.8 Å². The molecule has 0 aromatic carbocycles. The standard InChI is InChI=1S/C15H26N4O/c1-4-19(5-2)14-8-7-13(10-17-14)11-18-15(20)9-6-12(3)16/h7-8,10,12H,4-6,9,11,16H2,1-3H3,(H,18,20). The lowest BCUT2D eigenvalue weighted by atomic mass is 10.2. The first-order valence-electron chi connectivity index (χ1n) is 7.29. The van der Waals surface area contributed by atoms with Crippen LogP contribution in [0.25, 0.3) is 0 Å². The van der Waals surface area contributed by atoms with E-state index in [4.69, 9.17) is 5.73 Å². The van der Waals surface area contributed by atoms with Crippen molar-refractivity contribution < 1.29 is 4.79 Å². The fraction of sp³-hybridized carbons (Fsp3) is 0.600. The highest BCUT2D eigenvalue weighted by Crippen LogP contribution is 2.10. The Morgan fingerprint density at radius 3 is 2.60 bits per heavy atom. The first-order chi connectivity index (χ1) is 9.56. The molecule has 0 saturated carbocycles. The van der Waals surface area contributed by atoms with Crippen molar-refractivity contribution in [3.8, 4) is 0 Å². The lowest BCUT2D eigenvalue weighted by Crippen LogP contribution is -2.26. The number of aromatic nitrogens is 1. The molecule has 0 fully saturated rings. The van der Waals surface area contributed by atoms with Crippen molar-refractivity contribution in [2.75, 3.05) is 18.0 Å². The van der Waals surface area contributed by atoms with Crippen molar-refractivity contribution in [2.45, 2.75) is 46.2 Å². The Kier molecular flexibility index (Phi) is 7.01. The van der Waals surface area contributed by atoms with E-state index in [0.717, 1.165) is 24.5 Å². The predicted octanol–water partition coefficient (Wildman–Crippen LogP) is 1.67.